The number of hydrogen-bond acceptors (Lipinski definition) is 3. The van der Waals surface area contributed by atoms with Crippen molar-refractivity contribution in [2.24, 2.45) is 17.8 Å². The van der Waals surface area contributed by atoms with Crippen LogP contribution in [-0.4, -0.2) is 18.7 Å². The Labute approximate surface area is 79.3 Å². The summed E-state index contributed by atoms with van der Waals surface area (Å²) in [5.74, 6) is 1.94. The van der Waals surface area contributed by atoms with E-state index < -0.39 is 10.1 Å². The summed E-state index contributed by atoms with van der Waals surface area (Å²) in [6, 6.07) is 0. The fourth-order valence-electron chi connectivity index (χ4n) is 3.03. The van der Waals surface area contributed by atoms with E-state index in [0.29, 0.717) is 12.3 Å². The van der Waals surface area contributed by atoms with E-state index in [2.05, 4.69) is 0 Å². The zero-order valence-electron chi connectivity index (χ0n) is 7.61. The molecule has 0 heterocycles. The van der Waals surface area contributed by atoms with Gasteiger partial charge in [0.25, 0.3) is 0 Å². The largest absolute Gasteiger partial charge is 0.748 e. The van der Waals surface area contributed by atoms with Crippen LogP contribution in [0, 0.1) is 17.8 Å². The molecular formula is C9H15O3S-. The van der Waals surface area contributed by atoms with Crippen molar-refractivity contribution in [2.75, 3.05) is 5.75 Å². The van der Waals surface area contributed by atoms with Gasteiger partial charge in [0.15, 0.2) is 0 Å². The van der Waals surface area contributed by atoms with Crippen LogP contribution in [0.5, 0.6) is 0 Å². The lowest BCUT2D eigenvalue weighted by Crippen LogP contribution is -2.15. The van der Waals surface area contributed by atoms with Gasteiger partial charge in [0.2, 0.25) is 0 Å². The molecule has 2 fully saturated rings. The molecule has 3 unspecified atom stereocenters. The molecular weight excluding hydrogens is 188 g/mol. The molecule has 3 nitrogen and oxygen atoms in total. The van der Waals surface area contributed by atoms with Crippen LogP contribution in [0.1, 0.15) is 32.1 Å². The predicted octanol–water partition coefficient (Wildman–Crippen LogP) is 1.36. The van der Waals surface area contributed by atoms with Crippen molar-refractivity contribution in [2.45, 2.75) is 32.1 Å². The van der Waals surface area contributed by atoms with E-state index >= 15 is 0 Å². The molecule has 2 aliphatic carbocycles. The molecule has 4 heteroatoms. The molecule has 0 aliphatic heterocycles. The van der Waals surface area contributed by atoms with Crippen LogP contribution in [0.2, 0.25) is 0 Å². The average Bonchev–Trinajstić information content (AvgIpc) is 2.58. The maximum atomic E-state index is 10.4. The highest BCUT2D eigenvalue weighted by molar-refractivity contribution is 7.85. The van der Waals surface area contributed by atoms with Gasteiger partial charge in [0.05, 0.1) is 10.1 Å². The van der Waals surface area contributed by atoms with Crippen molar-refractivity contribution in [1.82, 2.24) is 0 Å². The molecule has 76 valence electrons. The zero-order chi connectivity index (χ0) is 9.47. The van der Waals surface area contributed by atoms with Gasteiger partial charge in [-0.05, 0) is 43.4 Å². The first kappa shape index (κ1) is 9.46. The van der Waals surface area contributed by atoms with Crippen molar-refractivity contribution in [1.29, 1.82) is 0 Å². The van der Waals surface area contributed by atoms with Crippen LogP contribution >= 0.6 is 0 Å². The van der Waals surface area contributed by atoms with Gasteiger partial charge in [-0.3, -0.25) is 0 Å². The molecule has 3 atom stereocenters. The van der Waals surface area contributed by atoms with Crippen LogP contribution in [0.15, 0.2) is 0 Å². The minimum absolute atomic E-state index is 0.152. The zero-order valence-corrected chi connectivity index (χ0v) is 8.42. The van der Waals surface area contributed by atoms with Crippen molar-refractivity contribution >= 4 is 10.1 Å². The molecule has 0 aromatic heterocycles. The normalized spacial score (nSPS) is 38.4. The second-order valence-corrected chi connectivity index (χ2v) is 6.01. The molecule has 0 N–H and O–H groups in total. The van der Waals surface area contributed by atoms with Gasteiger partial charge >= 0.3 is 0 Å². The highest BCUT2D eigenvalue weighted by Crippen LogP contribution is 2.49. The van der Waals surface area contributed by atoms with E-state index in [1.165, 1.54) is 25.7 Å². The Morgan fingerprint density at radius 2 is 2.00 bits per heavy atom. The third-order valence-electron chi connectivity index (χ3n) is 3.62. The van der Waals surface area contributed by atoms with Crippen LogP contribution in [-0.2, 0) is 10.1 Å². The molecule has 0 spiro atoms. The van der Waals surface area contributed by atoms with Crippen LogP contribution in [0.25, 0.3) is 0 Å². The molecule has 2 bridgehead atoms. The third-order valence-corrected chi connectivity index (χ3v) is 4.36. The lowest BCUT2D eigenvalue weighted by molar-refractivity contribution is 0.322. The molecule has 0 aromatic carbocycles. The summed E-state index contributed by atoms with van der Waals surface area (Å²) in [5, 5.41) is 0. The van der Waals surface area contributed by atoms with Gasteiger partial charge in [-0.15, -0.1) is 0 Å². The lowest BCUT2D eigenvalue weighted by atomic mass is 9.87. The van der Waals surface area contributed by atoms with E-state index in [4.69, 9.17) is 0 Å². The molecule has 13 heavy (non-hydrogen) atoms. The summed E-state index contributed by atoms with van der Waals surface area (Å²) in [6.45, 7) is 0. The quantitative estimate of drug-likeness (QED) is 0.651. The molecule has 0 amide bonds. The highest BCUT2D eigenvalue weighted by Gasteiger charge is 2.38. The van der Waals surface area contributed by atoms with Gasteiger partial charge in [-0.2, -0.15) is 0 Å². The SMILES string of the molecule is O=S(=O)([O-])CCC1CC2CCC1C2. The standard InChI is InChI=1S/C9H16O3S/c10-13(11,12)4-3-9-6-7-1-2-8(9)5-7/h7-9H,1-6H2,(H,10,11,12)/p-1. The lowest BCUT2D eigenvalue weighted by Gasteiger charge is -2.21. The molecule has 2 aliphatic rings. The van der Waals surface area contributed by atoms with Crippen LogP contribution < -0.4 is 0 Å². The van der Waals surface area contributed by atoms with E-state index in [1.54, 1.807) is 0 Å². The van der Waals surface area contributed by atoms with Crippen molar-refractivity contribution in [3.05, 3.63) is 0 Å². The first-order chi connectivity index (χ1) is 6.04. The maximum absolute atomic E-state index is 10.4. The Bertz CT molecular complexity index is 283. The Morgan fingerprint density at radius 1 is 1.23 bits per heavy atom. The smallest absolute Gasteiger partial charge is 0.0946 e. The Morgan fingerprint density at radius 3 is 2.46 bits per heavy atom. The topological polar surface area (TPSA) is 57.2 Å². The minimum Gasteiger partial charge on any atom is -0.748 e. The van der Waals surface area contributed by atoms with E-state index in [0.717, 1.165) is 11.8 Å². The van der Waals surface area contributed by atoms with Gasteiger partial charge < -0.3 is 4.55 Å². The number of rotatable bonds is 3. The van der Waals surface area contributed by atoms with Crippen molar-refractivity contribution < 1.29 is 13.0 Å². The summed E-state index contributed by atoms with van der Waals surface area (Å²) in [6.07, 6.45) is 5.64. The van der Waals surface area contributed by atoms with Gasteiger partial charge in [-0.1, -0.05) is 6.42 Å². The fourth-order valence-corrected chi connectivity index (χ4v) is 3.62. The summed E-state index contributed by atoms with van der Waals surface area (Å²) in [7, 11) is -3.98. The number of hydrogen-bond donors (Lipinski definition) is 0. The average molecular weight is 203 g/mol. The maximum Gasteiger partial charge on any atom is 0.0946 e. The third kappa shape index (κ3) is 2.23. The predicted molar refractivity (Wildman–Crippen MR) is 48.1 cm³/mol. The summed E-state index contributed by atoms with van der Waals surface area (Å²) < 4.78 is 31.3. The highest BCUT2D eigenvalue weighted by atomic mass is 32.2. The van der Waals surface area contributed by atoms with E-state index in [1.807, 2.05) is 0 Å². The molecule has 2 rings (SSSR count). The van der Waals surface area contributed by atoms with Crippen LogP contribution in [0.3, 0.4) is 0 Å². The summed E-state index contributed by atoms with van der Waals surface area (Å²) in [5.41, 5.74) is 0. The minimum atomic E-state index is -3.98. The van der Waals surface area contributed by atoms with Gasteiger partial charge in [0, 0.05) is 5.75 Å². The van der Waals surface area contributed by atoms with Crippen LogP contribution in [0.4, 0.5) is 0 Å². The Kier molecular flexibility index (Phi) is 2.36. The molecule has 0 saturated heterocycles. The van der Waals surface area contributed by atoms with Gasteiger partial charge in [-0.25, -0.2) is 8.42 Å². The first-order valence-corrected chi connectivity index (χ1v) is 6.56. The monoisotopic (exact) mass is 203 g/mol. The van der Waals surface area contributed by atoms with Gasteiger partial charge in [0.1, 0.15) is 0 Å². The summed E-state index contributed by atoms with van der Waals surface area (Å²) >= 11 is 0. The summed E-state index contributed by atoms with van der Waals surface area (Å²) in [4.78, 5) is 0. The molecule has 0 radical (unpaired) electrons. The van der Waals surface area contributed by atoms with Crippen molar-refractivity contribution in [3.8, 4) is 0 Å². The van der Waals surface area contributed by atoms with E-state index in [-0.39, 0.29) is 5.75 Å². The fraction of sp³-hybridized carbons (Fsp3) is 1.00. The second-order valence-electron chi connectivity index (χ2n) is 4.49. The molecule has 0 aromatic rings. The Hall–Kier alpha value is -0.0900. The van der Waals surface area contributed by atoms with E-state index in [9.17, 15) is 13.0 Å². The number of fused-ring (bicyclic) bond motifs is 2. The Balaban J connectivity index is 1.84. The molecule has 2 saturated carbocycles. The first-order valence-electron chi connectivity index (χ1n) is 4.98. The second kappa shape index (κ2) is 3.24. The van der Waals surface area contributed by atoms with Crippen molar-refractivity contribution in [3.63, 3.8) is 0 Å².